The maximum absolute atomic E-state index is 11.9. The first kappa shape index (κ1) is 14.9. The molecule has 0 N–H and O–H groups in total. The summed E-state index contributed by atoms with van der Waals surface area (Å²) in [7, 11) is 0. The van der Waals surface area contributed by atoms with Crippen LogP contribution in [-0.2, 0) is 4.74 Å². The molecule has 0 unspecified atom stereocenters. The third-order valence-electron chi connectivity index (χ3n) is 2.83. The Morgan fingerprint density at radius 3 is 2.70 bits per heavy atom. The highest BCUT2D eigenvalue weighted by molar-refractivity contribution is 6.35. The molecule has 0 atom stereocenters. The highest BCUT2D eigenvalue weighted by atomic mass is 35.5. The van der Waals surface area contributed by atoms with Gasteiger partial charge in [0.1, 0.15) is 5.60 Å². The molecule has 1 amide bonds. The van der Waals surface area contributed by atoms with E-state index in [1.165, 1.54) is 12.8 Å². The van der Waals surface area contributed by atoms with Gasteiger partial charge in [0.15, 0.2) is 0 Å². The Morgan fingerprint density at radius 1 is 1.40 bits per heavy atom. The maximum atomic E-state index is 11.9. The number of rotatable bonds is 3. The third-order valence-corrected chi connectivity index (χ3v) is 3.17. The van der Waals surface area contributed by atoms with E-state index in [0.717, 1.165) is 15.9 Å². The van der Waals surface area contributed by atoms with Gasteiger partial charge in [0.05, 0.1) is 5.69 Å². The van der Waals surface area contributed by atoms with E-state index >= 15 is 0 Å². The molecule has 0 bridgehead atoms. The lowest BCUT2D eigenvalue weighted by atomic mass is 10.1. The molecule has 0 spiro atoms. The van der Waals surface area contributed by atoms with E-state index in [-0.39, 0.29) is 0 Å². The average molecular weight is 294 g/mol. The molecule has 0 saturated heterocycles. The molecule has 2 rings (SSSR count). The zero-order chi connectivity index (χ0) is 14.8. The molecule has 4 heteroatoms. The van der Waals surface area contributed by atoms with Crippen molar-refractivity contribution in [2.75, 3.05) is 4.42 Å². The molecule has 1 fully saturated rings. The second-order valence-electron chi connectivity index (χ2n) is 6.05. The predicted octanol–water partition coefficient (Wildman–Crippen LogP) is 5.01. The Hall–Kier alpha value is -1.48. The lowest BCUT2D eigenvalue weighted by Gasteiger charge is -2.23. The Bertz CT molecular complexity index is 515. The molecule has 1 aliphatic rings. The van der Waals surface area contributed by atoms with Crippen molar-refractivity contribution < 1.29 is 9.53 Å². The molecule has 108 valence electrons. The molecule has 3 nitrogen and oxygen atoms in total. The monoisotopic (exact) mass is 293 g/mol. The minimum absolute atomic E-state index is 0.562. The smallest absolute Gasteiger partial charge is 0.429 e. The van der Waals surface area contributed by atoms with Crippen molar-refractivity contribution in [3.8, 4) is 0 Å². The molecule has 1 aromatic rings. The van der Waals surface area contributed by atoms with E-state index < -0.39 is 11.7 Å². The van der Waals surface area contributed by atoms with E-state index in [9.17, 15) is 4.79 Å². The first-order chi connectivity index (χ1) is 9.35. The van der Waals surface area contributed by atoms with Gasteiger partial charge >= 0.3 is 6.09 Å². The summed E-state index contributed by atoms with van der Waals surface area (Å²) in [5, 5.41) is 0. The number of carbonyl (C=O) groups excluding carboxylic acids is 1. The maximum Gasteiger partial charge on any atom is 0.429 e. The summed E-state index contributed by atoms with van der Waals surface area (Å²) in [5.74, 6) is 0.719. The summed E-state index contributed by atoms with van der Waals surface area (Å²) in [5.41, 5.74) is 1.08. The number of allylic oxidation sites excluding steroid dienone is 1. The SMILES string of the molecule is CC(C)(C)OC(=O)N(Cl)c1cccc(C=CC2CC2)c1. The van der Waals surface area contributed by atoms with Gasteiger partial charge < -0.3 is 4.74 Å². The zero-order valence-electron chi connectivity index (χ0n) is 12.1. The van der Waals surface area contributed by atoms with E-state index in [1.54, 1.807) is 6.07 Å². The first-order valence-corrected chi connectivity index (χ1v) is 7.16. The van der Waals surface area contributed by atoms with Gasteiger partial charge in [0.2, 0.25) is 0 Å². The van der Waals surface area contributed by atoms with Crippen LogP contribution in [0.3, 0.4) is 0 Å². The number of hydrogen-bond acceptors (Lipinski definition) is 2. The predicted molar refractivity (Wildman–Crippen MR) is 82.8 cm³/mol. The number of ether oxygens (including phenoxy) is 1. The fraction of sp³-hybridized carbons (Fsp3) is 0.438. The van der Waals surface area contributed by atoms with Crippen molar-refractivity contribution in [3.63, 3.8) is 0 Å². The lowest BCUT2D eigenvalue weighted by Crippen LogP contribution is -2.31. The van der Waals surface area contributed by atoms with Crippen LogP contribution in [0.5, 0.6) is 0 Å². The van der Waals surface area contributed by atoms with Crippen LogP contribution in [0.4, 0.5) is 10.5 Å². The summed E-state index contributed by atoms with van der Waals surface area (Å²) in [6.45, 7) is 5.43. The summed E-state index contributed by atoms with van der Waals surface area (Å²) >= 11 is 6.04. The fourth-order valence-corrected chi connectivity index (χ4v) is 1.83. The second kappa shape index (κ2) is 5.88. The Balaban J connectivity index is 2.07. The standard InChI is InChI=1S/C16H20ClNO2/c1-16(2,3)20-15(19)18(17)14-6-4-5-13(11-14)10-9-12-7-8-12/h4-6,9-12H,7-8H2,1-3H3. The molecule has 0 aliphatic heterocycles. The van der Waals surface area contributed by atoms with Crippen molar-refractivity contribution in [1.29, 1.82) is 0 Å². The summed E-state index contributed by atoms with van der Waals surface area (Å²) in [4.78, 5) is 11.9. The molecular weight excluding hydrogens is 274 g/mol. The van der Waals surface area contributed by atoms with Gasteiger partial charge in [0.25, 0.3) is 0 Å². The van der Waals surface area contributed by atoms with Crippen LogP contribution in [0.15, 0.2) is 30.3 Å². The van der Waals surface area contributed by atoms with Gasteiger partial charge in [-0.2, -0.15) is 4.42 Å². The van der Waals surface area contributed by atoms with Crippen LogP contribution in [0.25, 0.3) is 6.08 Å². The summed E-state index contributed by atoms with van der Waals surface area (Å²) < 4.78 is 6.25. The van der Waals surface area contributed by atoms with Gasteiger partial charge in [-0.3, -0.25) is 0 Å². The number of hydrogen-bond donors (Lipinski definition) is 0. The minimum atomic E-state index is -0.567. The second-order valence-corrected chi connectivity index (χ2v) is 6.39. The largest absolute Gasteiger partial charge is 0.443 e. The van der Waals surface area contributed by atoms with Gasteiger partial charge in [0, 0.05) is 11.8 Å². The summed E-state index contributed by atoms with van der Waals surface area (Å²) in [6.07, 6.45) is 6.25. The van der Waals surface area contributed by atoms with E-state index in [0.29, 0.717) is 5.69 Å². The van der Waals surface area contributed by atoms with Crippen molar-refractivity contribution in [1.82, 2.24) is 0 Å². The van der Waals surface area contributed by atoms with Crippen molar-refractivity contribution in [3.05, 3.63) is 35.9 Å². The van der Waals surface area contributed by atoms with Crippen molar-refractivity contribution >= 4 is 29.6 Å². The van der Waals surface area contributed by atoms with Crippen molar-refractivity contribution in [2.24, 2.45) is 5.92 Å². The lowest BCUT2D eigenvalue weighted by molar-refractivity contribution is 0.0609. The number of nitrogens with zero attached hydrogens (tertiary/aromatic N) is 1. The normalized spacial score (nSPS) is 15.4. The first-order valence-electron chi connectivity index (χ1n) is 6.82. The molecule has 1 aromatic carbocycles. The minimum Gasteiger partial charge on any atom is -0.443 e. The molecule has 20 heavy (non-hydrogen) atoms. The van der Waals surface area contributed by atoms with Crippen LogP contribution < -0.4 is 4.42 Å². The fourth-order valence-electron chi connectivity index (χ4n) is 1.69. The highest BCUT2D eigenvalue weighted by Gasteiger charge is 2.22. The molecule has 0 aromatic heterocycles. The van der Waals surface area contributed by atoms with Gasteiger partial charge in [-0.05, 0) is 57.2 Å². The molecule has 1 saturated carbocycles. The van der Waals surface area contributed by atoms with Crippen LogP contribution in [0, 0.1) is 5.92 Å². The van der Waals surface area contributed by atoms with Crippen LogP contribution in [-0.4, -0.2) is 11.7 Å². The van der Waals surface area contributed by atoms with Gasteiger partial charge in [-0.25, -0.2) is 4.79 Å². The van der Waals surface area contributed by atoms with Gasteiger partial charge in [-0.15, -0.1) is 0 Å². The molecule has 1 aliphatic carbocycles. The Kier molecular flexibility index (Phi) is 4.39. The zero-order valence-corrected chi connectivity index (χ0v) is 12.9. The number of carbonyl (C=O) groups is 1. The number of benzene rings is 1. The topological polar surface area (TPSA) is 29.5 Å². The van der Waals surface area contributed by atoms with Gasteiger partial charge in [-0.1, -0.05) is 24.3 Å². The Labute approximate surface area is 125 Å². The average Bonchev–Trinajstić information content (AvgIpc) is 3.18. The molecule has 0 radical (unpaired) electrons. The number of amides is 1. The third kappa shape index (κ3) is 4.57. The van der Waals surface area contributed by atoms with E-state index in [4.69, 9.17) is 16.5 Å². The van der Waals surface area contributed by atoms with E-state index in [2.05, 4.69) is 12.2 Å². The highest BCUT2D eigenvalue weighted by Crippen LogP contribution is 2.31. The molecule has 0 heterocycles. The van der Waals surface area contributed by atoms with Crippen LogP contribution >= 0.6 is 11.8 Å². The van der Waals surface area contributed by atoms with Crippen LogP contribution in [0.2, 0.25) is 0 Å². The quantitative estimate of drug-likeness (QED) is 0.734. The van der Waals surface area contributed by atoms with Crippen molar-refractivity contribution in [2.45, 2.75) is 39.2 Å². The Morgan fingerprint density at radius 2 is 2.10 bits per heavy atom. The van der Waals surface area contributed by atoms with Crippen LogP contribution in [0.1, 0.15) is 39.2 Å². The summed E-state index contributed by atoms with van der Waals surface area (Å²) in [6, 6.07) is 7.52. The van der Waals surface area contributed by atoms with E-state index in [1.807, 2.05) is 39.0 Å². The number of halogens is 1. The number of anilines is 1. The molecular formula is C16H20ClNO2.